The average molecular weight is 414 g/mol. The fraction of sp³-hybridized carbons (Fsp3) is 0.294. The molecule has 0 radical (unpaired) electrons. The van der Waals surface area contributed by atoms with Gasteiger partial charge < -0.3 is 9.47 Å². The van der Waals surface area contributed by atoms with Gasteiger partial charge >= 0.3 is 0 Å². The number of rotatable bonds is 7. The molecule has 2 rings (SSSR count). The molecule has 7 heteroatoms. The molecule has 0 amide bonds. The van der Waals surface area contributed by atoms with E-state index in [2.05, 4.69) is 20.7 Å². The molecule has 0 saturated carbocycles. The zero-order valence-electron chi connectivity index (χ0n) is 13.7. The molecule has 1 N–H and O–H groups in total. The second-order valence-corrected chi connectivity index (χ2v) is 7.71. The molecule has 0 aliphatic carbocycles. The third kappa shape index (κ3) is 4.49. The Morgan fingerprint density at radius 3 is 2.58 bits per heavy atom. The van der Waals surface area contributed by atoms with Gasteiger partial charge in [-0.05, 0) is 65.7 Å². The zero-order valence-corrected chi connectivity index (χ0v) is 16.1. The fourth-order valence-corrected chi connectivity index (χ4v) is 4.17. The van der Waals surface area contributed by atoms with Crippen LogP contribution in [0, 0.1) is 0 Å². The van der Waals surface area contributed by atoms with Crippen molar-refractivity contribution in [2.24, 2.45) is 0 Å². The predicted molar refractivity (Wildman–Crippen MR) is 97.0 cm³/mol. The van der Waals surface area contributed by atoms with Crippen LogP contribution in [0.1, 0.15) is 25.5 Å². The lowest BCUT2D eigenvalue weighted by molar-refractivity contribution is 0.339. The molecule has 0 spiro atoms. The van der Waals surface area contributed by atoms with E-state index in [1.807, 2.05) is 31.2 Å². The van der Waals surface area contributed by atoms with E-state index in [4.69, 9.17) is 9.47 Å². The normalized spacial score (nSPS) is 12.7. The maximum atomic E-state index is 12.6. The van der Waals surface area contributed by atoms with Crippen molar-refractivity contribution < 1.29 is 17.9 Å². The van der Waals surface area contributed by atoms with Crippen molar-refractivity contribution in [1.29, 1.82) is 0 Å². The lowest BCUT2D eigenvalue weighted by Crippen LogP contribution is -2.27. The summed E-state index contributed by atoms with van der Waals surface area (Å²) in [6.45, 7) is 4.25. The average Bonchev–Trinajstić information content (AvgIpc) is 2.55. The Hall–Kier alpha value is -1.57. The van der Waals surface area contributed by atoms with E-state index < -0.39 is 16.1 Å². The molecule has 2 aromatic rings. The Bertz CT molecular complexity index is 808. The molecular weight excluding hydrogens is 394 g/mol. The summed E-state index contributed by atoms with van der Waals surface area (Å²) in [5, 5.41) is 0. The fourth-order valence-electron chi connectivity index (χ4n) is 2.22. The summed E-state index contributed by atoms with van der Waals surface area (Å²) >= 11 is 3.30. The van der Waals surface area contributed by atoms with Crippen LogP contribution in [-0.4, -0.2) is 22.1 Å². The van der Waals surface area contributed by atoms with E-state index >= 15 is 0 Å². The maximum absolute atomic E-state index is 12.6. The summed E-state index contributed by atoms with van der Waals surface area (Å²) in [6, 6.07) is 11.6. The van der Waals surface area contributed by atoms with Crippen LogP contribution in [0.2, 0.25) is 0 Å². The van der Waals surface area contributed by atoms with Gasteiger partial charge in [0.15, 0.2) is 0 Å². The van der Waals surface area contributed by atoms with Crippen LogP contribution in [0.4, 0.5) is 0 Å². The van der Waals surface area contributed by atoms with Gasteiger partial charge in [-0.25, -0.2) is 13.1 Å². The van der Waals surface area contributed by atoms with Gasteiger partial charge in [-0.15, -0.1) is 0 Å². The first-order chi connectivity index (χ1) is 11.4. The van der Waals surface area contributed by atoms with Crippen molar-refractivity contribution in [2.75, 3.05) is 13.7 Å². The summed E-state index contributed by atoms with van der Waals surface area (Å²) in [5.74, 6) is 1.29. The largest absolute Gasteiger partial charge is 0.496 e. The second kappa shape index (κ2) is 8.00. The number of ether oxygens (including phenoxy) is 2. The summed E-state index contributed by atoms with van der Waals surface area (Å²) in [5.41, 5.74) is 0.831. The number of halogens is 1. The van der Waals surface area contributed by atoms with Crippen LogP contribution in [0.3, 0.4) is 0 Å². The van der Waals surface area contributed by atoms with E-state index in [-0.39, 0.29) is 4.90 Å². The van der Waals surface area contributed by atoms with E-state index in [0.29, 0.717) is 22.6 Å². The van der Waals surface area contributed by atoms with E-state index in [0.717, 1.165) is 5.56 Å². The first-order valence-corrected chi connectivity index (χ1v) is 9.73. The SMILES string of the molecule is CCOc1cccc(C(C)NS(=O)(=O)c2ccc(OC)c(Br)c2)c1. The van der Waals surface area contributed by atoms with Gasteiger partial charge in [0.1, 0.15) is 11.5 Å². The van der Waals surface area contributed by atoms with E-state index in [9.17, 15) is 8.42 Å². The number of hydrogen-bond acceptors (Lipinski definition) is 4. The monoisotopic (exact) mass is 413 g/mol. The number of benzene rings is 2. The molecule has 130 valence electrons. The summed E-state index contributed by atoms with van der Waals surface area (Å²) < 4.78 is 39.0. The minimum Gasteiger partial charge on any atom is -0.496 e. The molecular formula is C17H20BrNO4S. The highest BCUT2D eigenvalue weighted by Crippen LogP contribution is 2.28. The lowest BCUT2D eigenvalue weighted by Gasteiger charge is -2.16. The van der Waals surface area contributed by atoms with Crippen molar-refractivity contribution in [3.8, 4) is 11.5 Å². The number of sulfonamides is 1. The standard InChI is InChI=1S/C17H20BrNO4S/c1-4-23-14-7-5-6-13(10-14)12(2)19-24(20,21)15-8-9-17(22-3)16(18)11-15/h5-12,19H,4H2,1-3H3. The molecule has 0 heterocycles. The van der Waals surface area contributed by atoms with Gasteiger partial charge in [0.05, 0.1) is 23.1 Å². The maximum Gasteiger partial charge on any atom is 0.241 e. The Balaban J connectivity index is 2.22. The Morgan fingerprint density at radius 2 is 1.96 bits per heavy atom. The minimum absolute atomic E-state index is 0.169. The molecule has 0 saturated heterocycles. The van der Waals surface area contributed by atoms with Gasteiger partial charge in [-0.1, -0.05) is 12.1 Å². The van der Waals surface area contributed by atoms with Crippen LogP contribution in [0.25, 0.3) is 0 Å². The molecule has 0 aromatic heterocycles. The van der Waals surface area contributed by atoms with Crippen molar-refractivity contribution in [3.05, 3.63) is 52.5 Å². The Kier molecular flexibility index (Phi) is 6.26. The molecule has 0 aliphatic heterocycles. The molecule has 2 aromatic carbocycles. The third-order valence-corrected chi connectivity index (χ3v) is 5.59. The Labute approximate surface area is 151 Å². The summed E-state index contributed by atoms with van der Waals surface area (Å²) in [7, 11) is -2.13. The van der Waals surface area contributed by atoms with Gasteiger partial charge in [-0.3, -0.25) is 0 Å². The molecule has 0 aliphatic rings. The minimum atomic E-state index is -3.66. The number of methoxy groups -OCH3 is 1. The quantitative estimate of drug-likeness (QED) is 0.747. The molecule has 24 heavy (non-hydrogen) atoms. The van der Waals surface area contributed by atoms with Crippen molar-refractivity contribution >= 4 is 26.0 Å². The lowest BCUT2D eigenvalue weighted by atomic mass is 10.1. The van der Waals surface area contributed by atoms with Crippen LogP contribution in [-0.2, 0) is 10.0 Å². The Morgan fingerprint density at radius 1 is 1.21 bits per heavy atom. The number of hydrogen-bond donors (Lipinski definition) is 1. The van der Waals surface area contributed by atoms with Gasteiger partial charge in [0.25, 0.3) is 0 Å². The molecule has 5 nitrogen and oxygen atoms in total. The summed E-state index contributed by atoms with van der Waals surface area (Å²) in [6.07, 6.45) is 0. The van der Waals surface area contributed by atoms with Crippen molar-refractivity contribution in [2.45, 2.75) is 24.8 Å². The molecule has 1 unspecified atom stereocenters. The highest BCUT2D eigenvalue weighted by atomic mass is 79.9. The van der Waals surface area contributed by atoms with Crippen LogP contribution in [0.15, 0.2) is 51.8 Å². The second-order valence-electron chi connectivity index (χ2n) is 5.14. The van der Waals surface area contributed by atoms with Gasteiger partial charge in [0, 0.05) is 6.04 Å². The first-order valence-electron chi connectivity index (χ1n) is 7.46. The highest BCUT2D eigenvalue weighted by Gasteiger charge is 2.20. The smallest absolute Gasteiger partial charge is 0.241 e. The van der Waals surface area contributed by atoms with Gasteiger partial charge in [-0.2, -0.15) is 0 Å². The third-order valence-electron chi connectivity index (χ3n) is 3.43. The van der Waals surface area contributed by atoms with Crippen LogP contribution < -0.4 is 14.2 Å². The van der Waals surface area contributed by atoms with Crippen LogP contribution in [0.5, 0.6) is 11.5 Å². The molecule has 0 bridgehead atoms. The first kappa shape index (κ1) is 18.8. The zero-order chi connectivity index (χ0) is 17.7. The number of nitrogens with one attached hydrogen (secondary N) is 1. The highest BCUT2D eigenvalue weighted by molar-refractivity contribution is 9.10. The summed E-state index contributed by atoms with van der Waals surface area (Å²) in [4.78, 5) is 0.169. The molecule has 0 fully saturated rings. The van der Waals surface area contributed by atoms with Gasteiger partial charge in [0.2, 0.25) is 10.0 Å². The molecule has 1 atom stereocenters. The van der Waals surface area contributed by atoms with Crippen molar-refractivity contribution in [1.82, 2.24) is 4.72 Å². The van der Waals surface area contributed by atoms with Crippen molar-refractivity contribution in [3.63, 3.8) is 0 Å². The van der Waals surface area contributed by atoms with E-state index in [1.54, 1.807) is 13.0 Å². The predicted octanol–water partition coefficient (Wildman–Crippen LogP) is 3.90. The van der Waals surface area contributed by atoms with E-state index in [1.165, 1.54) is 19.2 Å². The topological polar surface area (TPSA) is 64.6 Å². The van der Waals surface area contributed by atoms with Crippen LogP contribution >= 0.6 is 15.9 Å².